The maximum absolute atomic E-state index is 10.1. The molecule has 0 spiro atoms. The van der Waals surface area contributed by atoms with Crippen LogP contribution >= 0.6 is 0 Å². The third-order valence-electron chi connectivity index (χ3n) is 4.23. The fourth-order valence-corrected chi connectivity index (χ4v) is 3.05. The van der Waals surface area contributed by atoms with Gasteiger partial charge in [0.2, 0.25) is 0 Å². The van der Waals surface area contributed by atoms with E-state index in [2.05, 4.69) is 32.9 Å². The molecule has 2 heteroatoms. The zero-order valence-corrected chi connectivity index (χ0v) is 12.4. The van der Waals surface area contributed by atoms with Crippen LogP contribution in [-0.2, 0) is 0 Å². The van der Waals surface area contributed by atoms with Crippen molar-refractivity contribution >= 4 is 0 Å². The second-order valence-corrected chi connectivity index (χ2v) is 6.10. The van der Waals surface area contributed by atoms with Gasteiger partial charge in [-0.1, -0.05) is 32.8 Å². The first-order valence-corrected chi connectivity index (χ1v) is 7.49. The van der Waals surface area contributed by atoms with Gasteiger partial charge in [-0.2, -0.15) is 0 Å². The Morgan fingerprint density at radius 2 is 1.95 bits per heavy atom. The highest BCUT2D eigenvalue weighted by Gasteiger charge is 2.23. The average molecular weight is 262 g/mol. The second-order valence-electron chi connectivity index (χ2n) is 6.10. The summed E-state index contributed by atoms with van der Waals surface area (Å²) in [6, 6.07) is 6.23. The molecule has 2 nitrogen and oxygen atoms in total. The fourth-order valence-electron chi connectivity index (χ4n) is 3.05. The van der Waals surface area contributed by atoms with E-state index < -0.39 is 0 Å². The first kappa shape index (κ1) is 14.4. The summed E-state index contributed by atoms with van der Waals surface area (Å²) in [4.78, 5) is 0. The number of aryl methyl sites for hydroxylation is 1. The van der Waals surface area contributed by atoms with E-state index in [9.17, 15) is 5.11 Å². The second kappa shape index (κ2) is 6.42. The van der Waals surface area contributed by atoms with Crippen molar-refractivity contribution in [2.24, 2.45) is 5.92 Å². The van der Waals surface area contributed by atoms with Gasteiger partial charge in [-0.3, -0.25) is 0 Å². The van der Waals surface area contributed by atoms with Crippen LogP contribution in [0, 0.1) is 12.8 Å². The molecular formula is C17H26O2. The molecule has 19 heavy (non-hydrogen) atoms. The van der Waals surface area contributed by atoms with Crippen molar-refractivity contribution in [3.05, 3.63) is 29.3 Å². The molecule has 0 aromatic heterocycles. The SMILES string of the molecule is Cc1cc(OCC(O)C2CCCC2)ccc1C(C)C. The van der Waals surface area contributed by atoms with Gasteiger partial charge in [-0.25, -0.2) is 0 Å². The van der Waals surface area contributed by atoms with E-state index in [4.69, 9.17) is 4.74 Å². The number of ether oxygens (including phenoxy) is 1. The van der Waals surface area contributed by atoms with Crippen LogP contribution < -0.4 is 4.74 Å². The molecule has 1 aliphatic rings. The Kier molecular flexibility index (Phi) is 4.87. The maximum Gasteiger partial charge on any atom is 0.119 e. The molecule has 1 saturated carbocycles. The molecule has 1 aromatic carbocycles. The van der Waals surface area contributed by atoms with Gasteiger partial charge in [0, 0.05) is 0 Å². The predicted octanol–water partition coefficient (Wildman–Crippen LogP) is 4.05. The molecule has 1 fully saturated rings. The summed E-state index contributed by atoms with van der Waals surface area (Å²) in [5.74, 6) is 1.85. The van der Waals surface area contributed by atoms with Gasteiger partial charge in [-0.05, 0) is 54.9 Å². The van der Waals surface area contributed by atoms with Gasteiger partial charge in [0.1, 0.15) is 12.4 Å². The van der Waals surface area contributed by atoms with Crippen LogP contribution in [0.3, 0.4) is 0 Å². The molecule has 0 bridgehead atoms. The van der Waals surface area contributed by atoms with Crippen molar-refractivity contribution in [2.75, 3.05) is 6.61 Å². The zero-order chi connectivity index (χ0) is 13.8. The summed E-state index contributed by atoms with van der Waals surface area (Å²) < 4.78 is 5.75. The molecule has 0 heterocycles. The summed E-state index contributed by atoms with van der Waals surface area (Å²) >= 11 is 0. The van der Waals surface area contributed by atoms with E-state index in [1.165, 1.54) is 24.0 Å². The topological polar surface area (TPSA) is 29.5 Å². The lowest BCUT2D eigenvalue weighted by molar-refractivity contribution is 0.0593. The molecule has 1 unspecified atom stereocenters. The number of benzene rings is 1. The number of hydrogen-bond acceptors (Lipinski definition) is 2. The standard InChI is InChI=1S/C17H26O2/c1-12(2)16-9-8-15(10-13(16)3)19-11-17(18)14-6-4-5-7-14/h8-10,12,14,17-18H,4-7,11H2,1-3H3. The highest BCUT2D eigenvalue weighted by atomic mass is 16.5. The Labute approximate surface area is 116 Å². The van der Waals surface area contributed by atoms with Gasteiger partial charge >= 0.3 is 0 Å². The monoisotopic (exact) mass is 262 g/mol. The molecule has 0 saturated heterocycles. The van der Waals surface area contributed by atoms with Crippen LogP contribution in [0.15, 0.2) is 18.2 Å². The fraction of sp³-hybridized carbons (Fsp3) is 0.647. The van der Waals surface area contributed by atoms with Crippen molar-refractivity contribution in [3.8, 4) is 5.75 Å². The van der Waals surface area contributed by atoms with Crippen LogP contribution in [0.4, 0.5) is 0 Å². The highest BCUT2D eigenvalue weighted by molar-refractivity contribution is 5.36. The Bertz CT molecular complexity index is 406. The minimum atomic E-state index is -0.312. The van der Waals surface area contributed by atoms with Crippen LogP contribution in [0.2, 0.25) is 0 Å². The Balaban J connectivity index is 1.90. The summed E-state index contributed by atoms with van der Waals surface area (Å²) in [6.45, 7) is 6.94. The van der Waals surface area contributed by atoms with E-state index >= 15 is 0 Å². The Morgan fingerprint density at radius 3 is 2.53 bits per heavy atom. The summed E-state index contributed by atoms with van der Waals surface area (Å²) in [5, 5.41) is 10.1. The lowest BCUT2D eigenvalue weighted by atomic mass is 9.98. The normalized spacial score (nSPS) is 17.9. The molecule has 106 valence electrons. The van der Waals surface area contributed by atoms with E-state index in [0.717, 1.165) is 18.6 Å². The number of aliphatic hydroxyl groups is 1. The minimum absolute atomic E-state index is 0.312. The van der Waals surface area contributed by atoms with Gasteiger partial charge in [0.15, 0.2) is 0 Å². The van der Waals surface area contributed by atoms with E-state index in [-0.39, 0.29) is 6.10 Å². The molecule has 0 radical (unpaired) electrons. The van der Waals surface area contributed by atoms with Crippen LogP contribution in [0.5, 0.6) is 5.75 Å². The third kappa shape index (κ3) is 3.73. The van der Waals surface area contributed by atoms with Crippen molar-refractivity contribution in [3.63, 3.8) is 0 Å². The smallest absolute Gasteiger partial charge is 0.119 e. The first-order chi connectivity index (χ1) is 9.08. The van der Waals surface area contributed by atoms with E-state index in [1.807, 2.05) is 6.07 Å². The van der Waals surface area contributed by atoms with Crippen LogP contribution in [-0.4, -0.2) is 17.8 Å². The Morgan fingerprint density at radius 1 is 1.26 bits per heavy atom. The lowest BCUT2D eigenvalue weighted by Crippen LogP contribution is -2.25. The van der Waals surface area contributed by atoms with Gasteiger partial charge in [0.25, 0.3) is 0 Å². The van der Waals surface area contributed by atoms with E-state index in [1.54, 1.807) is 0 Å². The average Bonchev–Trinajstić information content (AvgIpc) is 2.89. The van der Waals surface area contributed by atoms with Crippen molar-refractivity contribution < 1.29 is 9.84 Å². The van der Waals surface area contributed by atoms with Crippen molar-refractivity contribution in [2.45, 2.75) is 58.5 Å². The predicted molar refractivity (Wildman–Crippen MR) is 78.7 cm³/mol. The summed E-state index contributed by atoms with van der Waals surface area (Å²) in [7, 11) is 0. The quantitative estimate of drug-likeness (QED) is 0.867. The number of aliphatic hydroxyl groups excluding tert-OH is 1. The lowest BCUT2D eigenvalue weighted by Gasteiger charge is -2.19. The summed E-state index contributed by atoms with van der Waals surface area (Å²) in [5.41, 5.74) is 2.63. The maximum atomic E-state index is 10.1. The van der Waals surface area contributed by atoms with Crippen molar-refractivity contribution in [1.82, 2.24) is 0 Å². The van der Waals surface area contributed by atoms with E-state index in [0.29, 0.717) is 18.4 Å². The molecule has 0 amide bonds. The van der Waals surface area contributed by atoms with Crippen LogP contribution in [0.1, 0.15) is 56.6 Å². The third-order valence-corrected chi connectivity index (χ3v) is 4.23. The molecule has 0 aliphatic heterocycles. The molecular weight excluding hydrogens is 236 g/mol. The molecule has 2 rings (SSSR count). The molecule has 1 N–H and O–H groups in total. The zero-order valence-electron chi connectivity index (χ0n) is 12.4. The molecule has 1 aromatic rings. The van der Waals surface area contributed by atoms with Crippen LogP contribution in [0.25, 0.3) is 0 Å². The van der Waals surface area contributed by atoms with Gasteiger partial charge < -0.3 is 9.84 Å². The Hall–Kier alpha value is -1.02. The highest BCUT2D eigenvalue weighted by Crippen LogP contribution is 2.28. The van der Waals surface area contributed by atoms with Gasteiger partial charge in [-0.15, -0.1) is 0 Å². The molecule has 1 atom stereocenters. The number of hydrogen-bond donors (Lipinski definition) is 1. The van der Waals surface area contributed by atoms with Gasteiger partial charge in [0.05, 0.1) is 6.10 Å². The number of rotatable bonds is 5. The minimum Gasteiger partial charge on any atom is -0.491 e. The van der Waals surface area contributed by atoms with Crippen molar-refractivity contribution in [1.29, 1.82) is 0 Å². The summed E-state index contributed by atoms with van der Waals surface area (Å²) in [6.07, 6.45) is 4.49. The first-order valence-electron chi connectivity index (χ1n) is 7.49. The molecule has 1 aliphatic carbocycles. The largest absolute Gasteiger partial charge is 0.491 e.